The Morgan fingerprint density at radius 1 is 0.776 bits per heavy atom. The summed E-state index contributed by atoms with van der Waals surface area (Å²) in [5.41, 5.74) is 0.622. The van der Waals surface area contributed by atoms with Crippen LogP contribution in [0.25, 0.3) is 0 Å². The van der Waals surface area contributed by atoms with E-state index >= 15 is 4.79 Å². The molecule has 0 radical (unpaired) electrons. The Bertz CT molecular complexity index is 2560. The van der Waals surface area contributed by atoms with E-state index in [4.69, 9.17) is 20.6 Å². The summed E-state index contributed by atoms with van der Waals surface area (Å²) in [5, 5.41) is 2.64. The number of urea groups is 1. The third kappa shape index (κ3) is 12.3. The molecule has 0 bridgehead atoms. The van der Waals surface area contributed by atoms with Crippen LogP contribution in [-0.2, 0) is 42.2 Å². The molecule has 15 nitrogen and oxygen atoms in total. The van der Waals surface area contributed by atoms with Crippen molar-refractivity contribution in [3.63, 3.8) is 0 Å². The predicted molar refractivity (Wildman–Crippen MR) is 252 cm³/mol. The van der Waals surface area contributed by atoms with Crippen molar-refractivity contribution in [1.29, 1.82) is 0 Å². The van der Waals surface area contributed by atoms with Gasteiger partial charge in [0, 0.05) is 0 Å². The van der Waals surface area contributed by atoms with Crippen LogP contribution in [0.5, 0.6) is 5.75 Å². The molecule has 4 aromatic carbocycles. The van der Waals surface area contributed by atoms with E-state index in [1.807, 2.05) is 6.11 Å². The third-order valence-electron chi connectivity index (χ3n) is 11.6. The second-order valence-corrected chi connectivity index (χ2v) is 18.1. The fourth-order valence-corrected chi connectivity index (χ4v) is 9.68. The van der Waals surface area contributed by atoms with Crippen LogP contribution in [0.2, 0.25) is 0 Å². The number of nitrogens with zero attached hydrogens (tertiary/aromatic N) is 4. The van der Waals surface area contributed by atoms with Crippen LogP contribution < -0.4 is 10.1 Å². The second kappa shape index (κ2) is 24.0. The Morgan fingerprint density at radius 2 is 1.36 bits per heavy atom. The molecule has 6 rings (SSSR count). The molecule has 2 heterocycles. The molecule has 2 atom stereocenters. The molecule has 0 aliphatic carbocycles. The number of aliphatic imine (C=N–C) groups is 1. The topological polar surface area (TPSA) is 181 Å². The highest BCUT2D eigenvalue weighted by Crippen LogP contribution is 2.33. The van der Waals surface area contributed by atoms with Gasteiger partial charge in [0.25, 0.3) is 34.0 Å². The van der Waals surface area contributed by atoms with Gasteiger partial charge in [-0.25, -0.2) is 27.2 Å². The number of carbonyl (C=O) groups excluding carboxylic acids is 5. The van der Waals surface area contributed by atoms with E-state index in [0.29, 0.717) is 22.4 Å². The molecular weight excluding hydrogens is 875 g/mol. The zero-order chi connectivity index (χ0) is 47.8. The highest BCUT2D eigenvalue weighted by atomic mass is 32.2. The Morgan fingerprint density at radius 3 is 1.97 bits per heavy atom. The molecule has 352 valence electrons. The van der Waals surface area contributed by atoms with E-state index in [0.717, 1.165) is 28.5 Å². The average Bonchev–Trinajstić information content (AvgIpc) is 3.51. The Labute approximate surface area is 392 Å². The summed E-state index contributed by atoms with van der Waals surface area (Å²) in [7, 11) is -3.44. The van der Waals surface area contributed by atoms with Crippen molar-refractivity contribution >= 4 is 51.3 Å². The maximum atomic E-state index is 15.1. The van der Waals surface area contributed by atoms with Crippen LogP contribution in [0.3, 0.4) is 0 Å². The van der Waals surface area contributed by atoms with Crippen molar-refractivity contribution in [2.75, 3.05) is 19.0 Å². The lowest BCUT2D eigenvalue weighted by Crippen LogP contribution is -2.57. The van der Waals surface area contributed by atoms with E-state index in [2.05, 4.69) is 17.2 Å². The van der Waals surface area contributed by atoms with Crippen LogP contribution in [0, 0.1) is 12.5 Å². The maximum absolute atomic E-state index is 15.1. The summed E-state index contributed by atoms with van der Waals surface area (Å²) in [5.74, 6) is -4.80. The summed E-state index contributed by atoms with van der Waals surface area (Å²) in [4.78, 5) is 77.1. The summed E-state index contributed by atoms with van der Waals surface area (Å²) < 4.78 is 46.9. The van der Waals surface area contributed by atoms with Crippen molar-refractivity contribution in [1.82, 2.24) is 14.1 Å². The summed E-state index contributed by atoms with van der Waals surface area (Å²) in [6, 6.07) is 23.1. The van der Waals surface area contributed by atoms with Gasteiger partial charge in [0.2, 0.25) is 0 Å². The highest BCUT2D eigenvalue weighted by Gasteiger charge is 2.55. The largest absolute Gasteiger partial charge is 0.495 e. The number of carbonyl (C=O) groups is 5. The molecular formula is C51H57N5O10S. The lowest BCUT2D eigenvalue weighted by atomic mass is 10.1. The number of sulfonamides is 1. The van der Waals surface area contributed by atoms with E-state index in [-0.39, 0.29) is 35.7 Å². The number of hydrogen-bond acceptors (Lipinski definition) is 10. The second-order valence-electron chi connectivity index (χ2n) is 16.3. The number of ether oxygens (including phenoxy) is 3. The van der Waals surface area contributed by atoms with Crippen molar-refractivity contribution in [2.45, 2.75) is 114 Å². The van der Waals surface area contributed by atoms with Crippen molar-refractivity contribution in [2.24, 2.45) is 4.99 Å². The smallest absolute Gasteiger partial charge is 0.338 e. The van der Waals surface area contributed by atoms with Crippen LogP contribution >= 0.6 is 0 Å². The molecule has 1 saturated heterocycles. The minimum Gasteiger partial charge on any atom is -0.495 e. The molecule has 0 saturated carbocycles. The summed E-state index contributed by atoms with van der Waals surface area (Å²) in [6.07, 6.45) is 19.5. The van der Waals surface area contributed by atoms with Gasteiger partial charge in [-0.1, -0.05) is 157 Å². The standard InChI is InChI=1S/C51H57N5O10S/c1-4-6-7-8-9-10-11-12-13-14-15-24-33-66-50(60)39-31-32-42(64-3)41(34-39)52-47(58)44(56-48(59)49(65-5-2)54(51(56)61)35-37-25-18-16-19-26-37)45-53-46(57)40-29-22-23-30-43(40)67(62,63)55(45)36-38-27-20-17-21-28-38/h2,16-23,25-32,34,44,49H,4,6-15,24,33,35-36H2,1,3H3,(H,52,58). The van der Waals surface area contributed by atoms with Gasteiger partial charge in [-0.2, -0.15) is 4.99 Å². The van der Waals surface area contributed by atoms with Crippen LogP contribution in [0.4, 0.5) is 10.5 Å². The molecule has 4 aromatic rings. The zero-order valence-corrected chi connectivity index (χ0v) is 38.7. The first-order chi connectivity index (χ1) is 32.5. The number of nitrogens with one attached hydrogen (secondary N) is 1. The molecule has 2 unspecified atom stereocenters. The van der Waals surface area contributed by atoms with Crippen LogP contribution in [-0.4, -0.2) is 84.1 Å². The number of amides is 5. The SMILES string of the molecule is C#COC1C(=O)N(C(C(=O)Nc2cc(C(=O)OCCCCCCCCCCCCCC)ccc2OC)C2=NC(=O)c3ccccc3S(=O)(=O)N2Cc2ccccc2)C(=O)N1Cc1ccccc1. The van der Waals surface area contributed by atoms with E-state index in [9.17, 15) is 27.6 Å². The number of amidine groups is 1. The van der Waals surface area contributed by atoms with Gasteiger partial charge >= 0.3 is 12.0 Å². The molecule has 1 N–H and O–H groups in total. The van der Waals surface area contributed by atoms with Gasteiger partial charge in [-0.15, -0.1) is 0 Å². The van der Waals surface area contributed by atoms with Crippen molar-refractivity contribution in [3.05, 3.63) is 125 Å². The Kier molecular flexibility index (Phi) is 17.7. The highest BCUT2D eigenvalue weighted by molar-refractivity contribution is 7.89. The molecule has 5 amide bonds. The molecule has 2 aliphatic rings. The minimum atomic E-state index is -4.77. The molecule has 2 aliphatic heterocycles. The van der Waals surface area contributed by atoms with Gasteiger partial charge in [0.15, 0.2) is 11.9 Å². The normalized spacial score (nSPS) is 15.8. The first kappa shape index (κ1) is 49.4. The number of methoxy groups -OCH3 is 1. The number of imide groups is 1. The van der Waals surface area contributed by atoms with E-state index < -0.39 is 69.3 Å². The number of anilines is 1. The summed E-state index contributed by atoms with van der Waals surface area (Å²) in [6.45, 7) is 1.69. The first-order valence-corrected chi connectivity index (χ1v) is 24.2. The van der Waals surface area contributed by atoms with Gasteiger partial charge in [-0.05, 0) is 47.9 Å². The van der Waals surface area contributed by atoms with Crippen molar-refractivity contribution < 1.29 is 46.6 Å². The van der Waals surface area contributed by atoms with Crippen LogP contribution in [0.15, 0.2) is 113 Å². The number of unbranched alkanes of at least 4 members (excludes halogenated alkanes) is 11. The Balaban J connectivity index is 1.30. The number of rotatable bonds is 24. The summed E-state index contributed by atoms with van der Waals surface area (Å²) >= 11 is 0. The molecule has 16 heteroatoms. The minimum absolute atomic E-state index is 0.0437. The van der Waals surface area contributed by atoms with E-state index in [1.165, 1.54) is 101 Å². The maximum Gasteiger partial charge on any atom is 0.338 e. The first-order valence-electron chi connectivity index (χ1n) is 22.7. The molecule has 67 heavy (non-hydrogen) atoms. The number of terminal acetylenes is 1. The predicted octanol–water partition coefficient (Wildman–Crippen LogP) is 8.70. The Hall–Kier alpha value is -6.99. The number of fused-ring (bicyclic) bond motifs is 1. The third-order valence-corrected chi connectivity index (χ3v) is 13.4. The lowest BCUT2D eigenvalue weighted by Gasteiger charge is -2.32. The molecule has 0 spiro atoms. The zero-order valence-electron chi connectivity index (χ0n) is 37.9. The van der Waals surface area contributed by atoms with Gasteiger partial charge in [-0.3, -0.25) is 19.3 Å². The molecule has 1 fully saturated rings. The number of hydrogen-bond donors (Lipinski definition) is 1. The molecule has 0 aromatic heterocycles. The van der Waals surface area contributed by atoms with Gasteiger partial charge in [0.05, 0.1) is 43.6 Å². The van der Waals surface area contributed by atoms with Gasteiger partial charge in [0.1, 0.15) is 16.8 Å². The monoisotopic (exact) mass is 931 g/mol. The quantitative estimate of drug-likeness (QED) is 0.0309. The lowest BCUT2D eigenvalue weighted by molar-refractivity contribution is -0.139. The fourth-order valence-electron chi connectivity index (χ4n) is 8.05. The number of benzene rings is 4. The number of esters is 1. The van der Waals surface area contributed by atoms with Crippen LogP contribution in [0.1, 0.15) is 116 Å². The van der Waals surface area contributed by atoms with Gasteiger partial charge < -0.3 is 19.5 Å². The van der Waals surface area contributed by atoms with Crippen molar-refractivity contribution in [3.8, 4) is 18.3 Å². The fraction of sp³-hybridized carbons (Fsp3) is 0.373. The average molecular weight is 932 g/mol. The van der Waals surface area contributed by atoms with E-state index in [1.54, 1.807) is 60.7 Å².